The van der Waals surface area contributed by atoms with Gasteiger partial charge in [0, 0.05) is 10.8 Å². The number of hydrogen-bond acceptors (Lipinski definition) is 8. The normalized spacial score (nSPS) is 22.7. The van der Waals surface area contributed by atoms with E-state index in [0.717, 1.165) is 41.7 Å². The SMILES string of the molecule is Cc1noc(-c2c(NC(=O)C3=C(OC(=O)O)C4CCC3CC4)sc3c2CCOC3)n1. The van der Waals surface area contributed by atoms with Gasteiger partial charge >= 0.3 is 6.16 Å². The van der Waals surface area contributed by atoms with Crippen molar-refractivity contribution in [2.75, 3.05) is 11.9 Å². The van der Waals surface area contributed by atoms with Crippen molar-refractivity contribution in [2.24, 2.45) is 11.8 Å². The molecule has 2 aromatic heterocycles. The fraction of sp³-hybridized carbons (Fsp3) is 0.500. The lowest BCUT2D eigenvalue weighted by molar-refractivity contribution is -0.114. The summed E-state index contributed by atoms with van der Waals surface area (Å²) in [5, 5.41) is 16.7. The number of allylic oxidation sites excluding steroid dienone is 1. The molecule has 1 aliphatic heterocycles. The molecule has 2 bridgehead atoms. The highest BCUT2D eigenvalue weighted by Crippen LogP contribution is 2.47. The van der Waals surface area contributed by atoms with Crippen LogP contribution in [-0.2, 0) is 27.3 Å². The summed E-state index contributed by atoms with van der Waals surface area (Å²) in [5.74, 6) is 0.855. The summed E-state index contributed by atoms with van der Waals surface area (Å²) in [7, 11) is 0. The topological polar surface area (TPSA) is 124 Å². The van der Waals surface area contributed by atoms with Crippen molar-refractivity contribution >= 4 is 28.4 Å². The summed E-state index contributed by atoms with van der Waals surface area (Å²) in [6.07, 6.45) is 2.74. The lowest BCUT2D eigenvalue weighted by Gasteiger charge is -2.37. The maximum Gasteiger partial charge on any atom is 0.511 e. The molecule has 0 aromatic carbocycles. The molecule has 30 heavy (non-hydrogen) atoms. The molecule has 1 saturated carbocycles. The number of thiophene rings is 1. The van der Waals surface area contributed by atoms with Crippen molar-refractivity contribution in [3.63, 3.8) is 0 Å². The molecule has 4 aliphatic rings. The molecule has 1 fully saturated rings. The Morgan fingerprint density at radius 3 is 2.70 bits per heavy atom. The van der Waals surface area contributed by atoms with E-state index < -0.39 is 6.16 Å². The molecule has 6 rings (SSSR count). The van der Waals surface area contributed by atoms with Gasteiger partial charge < -0.3 is 24.4 Å². The van der Waals surface area contributed by atoms with Gasteiger partial charge in [0.15, 0.2) is 5.82 Å². The average molecular weight is 431 g/mol. The van der Waals surface area contributed by atoms with Crippen LogP contribution in [0, 0.1) is 18.8 Å². The number of nitrogens with one attached hydrogen (secondary N) is 1. The van der Waals surface area contributed by atoms with Gasteiger partial charge in [0.1, 0.15) is 10.8 Å². The zero-order valence-electron chi connectivity index (χ0n) is 16.4. The van der Waals surface area contributed by atoms with E-state index in [0.29, 0.717) is 47.7 Å². The molecule has 1 amide bonds. The Balaban J connectivity index is 1.53. The van der Waals surface area contributed by atoms with E-state index in [-0.39, 0.29) is 17.7 Å². The standard InChI is InChI=1S/C20H21N3O6S/c1-9-21-18(29-23-9)15-12-6-7-27-8-13(12)30-19(15)22-17(24)14-10-2-4-11(5-3-10)16(14)28-20(25)26/h10-11H,2-8H2,1H3,(H,22,24)(H,25,26). The number of rotatable bonds is 4. The van der Waals surface area contributed by atoms with Crippen LogP contribution in [-0.4, -0.2) is 33.9 Å². The minimum atomic E-state index is -1.38. The first-order chi connectivity index (χ1) is 14.5. The maximum atomic E-state index is 13.3. The number of carboxylic acid groups (broad SMARTS) is 1. The number of nitrogens with zero attached hydrogens (tertiary/aromatic N) is 2. The predicted molar refractivity (Wildman–Crippen MR) is 106 cm³/mol. The number of carbonyl (C=O) groups excluding carboxylic acids is 1. The summed E-state index contributed by atoms with van der Waals surface area (Å²) in [4.78, 5) is 29.9. The molecule has 10 heteroatoms. The van der Waals surface area contributed by atoms with Crippen LogP contribution in [0.1, 0.15) is 41.9 Å². The second-order valence-electron chi connectivity index (χ2n) is 7.81. The molecular formula is C20H21N3O6S. The second kappa shape index (κ2) is 7.51. The lowest BCUT2D eigenvalue weighted by atomic mass is 9.70. The second-order valence-corrected chi connectivity index (χ2v) is 8.91. The molecular weight excluding hydrogens is 410 g/mol. The molecule has 0 radical (unpaired) electrons. The molecule has 0 saturated heterocycles. The smallest absolute Gasteiger partial charge is 0.449 e. The number of hydrogen-bond donors (Lipinski definition) is 2. The van der Waals surface area contributed by atoms with Crippen molar-refractivity contribution in [1.29, 1.82) is 0 Å². The van der Waals surface area contributed by atoms with Crippen molar-refractivity contribution in [1.82, 2.24) is 10.1 Å². The van der Waals surface area contributed by atoms with Crippen LogP contribution in [0.25, 0.3) is 11.5 Å². The highest BCUT2D eigenvalue weighted by atomic mass is 32.1. The van der Waals surface area contributed by atoms with E-state index in [1.165, 1.54) is 11.3 Å². The van der Waals surface area contributed by atoms with Crippen LogP contribution in [0.4, 0.5) is 9.80 Å². The zero-order chi connectivity index (χ0) is 20.8. The van der Waals surface area contributed by atoms with Crippen molar-refractivity contribution < 1.29 is 28.7 Å². The Hall–Kier alpha value is -2.72. The lowest BCUT2D eigenvalue weighted by Crippen LogP contribution is -2.34. The van der Waals surface area contributed by atoms with Crippen molar-refractivity contribution in [3.05, 3.63) is 27.6 Å². The average Bonchev–Trinajstić information content (AvgIpc) is 3.30. The Kier molecular flexibility index (Phi) is 4.82. The van der Waals surface area contributed by atoms with Crippen molar-refractivity contribution in [3.8, 4) is 11.5 Å². The first kappa shape index (κ1) is 19.3. The van der Waals surface area contributed by atoms with Gasteiger partial charge in [0.2, 0.25) is 0 Å². The Bertz CT molecular complexity index is 1050. The van der Waals surface area contributed by atoms with Crippen LogP contribution in [0.5, 0.6) is 0 Å². The molecule has 3 heterocycles. The zero-order valence-corrected chi connectivity index (χ0v) is 17.2. The molecule has 0 spiro atoms. The summed E-state index contributed by atoms with van der Waals surface area (Å²) >= 11 is 1.43. The van der Waals surface area contributed by atoms with Gasteiger partial charge in [-0.15, -0.1) is 11.3 Å². The van der Waals surface area contributed by atoms with Crippen LogP contribution in [0.2, 0.25) is 0 Å². The van der Waals surface area contributed by atoms with E-state index in [2.05, 4.69) is 15.5 Å². The van der Waals surface area contributed by atoms with Gasteiger partial charge in [-0.1, -0.05) is 5.16 Å². The quantitative estimate of drug-likeness (QED) is 0.699. The largest absolute Gasteiger partial charge is 0.511 e. The minimum absolute atomic E-state index is 0.0105. The monoisotopic (exact) mass is 431 g/mol. The Labute approximate surface area is 176 Å². The third kappa shape index (κ3) is 3.29. The van der Waals surface area contributed by atoms with E-state index in [9.17, 15) is 9.59 Å². The van der Waals surface area contributed by atoms with Crippen molar-refractivity contribution in [2.45, 2.75) is 45.6 Å². The minimum Gasteiger partial charge on any atom is -0.449 e. The number of anilines is 1. The Morgan fingerprint density at radius 2 is 2.00 bits per heavy atom. The molecule has 2 N–H and O–H groups in total. The van der Waals surface area contributed by atoms with Gasteiger partial charge in [0.05, 0.1) is 24.4 Å². The Morgan fingerprint density at radius 1 is 1.23 bits per heavy atom. The van der Waals surface area contributed by atoms with Gasteiger partial charge in [-0.2, -0.15) is 4.98 Å². The fourth-order valence-electron chi connectivity index (χ4n) is 4.71. The third-order valence-electron chi connectivity index (χ3n) is 6.00. The van der Waals surface area contributed by atoms with Gasteiger partial charge in [-0.05, 0) is 50.5 Å². The molecule has 2 aromatic rings. The van der Waals surface area contributed by atoms with Crippen LogP contribution >= 0.6 is 11.3 Å². The third-order valence-corrected chi connectivity index (χ3v) is 7.12. The number of carbonyl (C=O) groups is 2. The summed E-state index contributed by atoms with van der Waals surface area (Å²) in [5.41, 5.74) is 2.23. The summed E-state index contributed by atoms with van der Waals surface area (Å²) in [6.45, 7) is 2.80. The number of ether oxygens (including phenoxy) is 2. The number of fused-ring (bicyclic) bond motifs is 3. The first-order valence-corrected chi connectivity index (χ1v) is 10.8. The van der Waals surface area contributed by atoms with Gasteiger partial charge in [-0.3, -0.25) is 4.79 Å². The number of aromatic nitrogens is 2. The van der Waals surface area contributed by atoms with E-state index in [1.807, 2.05) is 0 Å². The summed E-state index contributed by atoms with van der Waals surface area (Å²) in [6, 6.07) is 0. The van der Waals surface area contributed by atoms with E-state index in [4.69, 9.17) is 19.1 Å². The molecule has 158 valence electrons. The maximum absolute atomic E-state index is 13.3. The van der Waals surface area contributed by atoms with Crippen LogP contribution < -0.4 is 5.32 Å². The molecule has 0 unspecified atom stereocenters. The summed E-state index contributed by atoms with van der Waals surface area (Å²) < 4.78 is 16.0. The van der Waals surface area contributed by atoms with Crippen LogP contribution in [0.15, 0.2) is 15.9 Å². The fourth-order valence-corrected chi connectivity index (χ4v) is 5.88. The highest BCUT2D eigenvalue weighted by Gasteiger charge is 2.41. The van der Waals surface area contributed by atoms with E-state index in [1.54, 1.807) is 6.92 Å². The molecule has 9 nitrogen and oxygen atoms in total. The molecule has 3 aliphatic carbocycles. The predicted octanol–water partition coefficient (Wildman–Crippen LogP) is 3.89. The molecule has 0 atom stereocenters. The number of aryl methyl sites for hydroxylation is 1. The van der Waals surface area contributed by atoms with Gasteiger partial charge in [-0.25, -0.2) is 4.79 Å². The number of amides is 1. The highest BCUT2D eigenvalue weighted by molar-refractivity contribution is 7.17. The van der Waals surface area contributed by atoms with E-state index >= 15 is 0 Å². The van der Waals surface area contributed by atoms with Crippen LogP contribution in [0.3, 0.4) is 0 Å². The van der Waals surface area contributed by atoms with Gasteiger partial charge in [0.25, 0.3) is 11.8 Å². The first-order valence-electron chi connectivity index (χ1n) is 10.0.